The normalized spacial score (nSPS) is 17.8. The van der Waals surface area contributed by atoms with Crippen molar-refractivity contribution in [1.29, 1.82) is 0 Å². The zero-order valence-corrected chi connectivity index (χ0v) is 13.9. The van der Waals surface area contributed by atoms with Crippen molar-refractivity contribution in [2.45, 2.75) is 18.9 Å². The van der Waals surface area contributed by atoms with E-state index in [1.165, 1.54) is 6.07 Å². The Morgan fingerprint density at radius 1 is 1.33 bits per heavy atom. The SMILES string of the molecule is Cn1ccnc1C(O)C1CCN(CCOc2ccccc2F)CC1. The van der Waals surface area contributed by atoms with E-state index in [2.05, 4.69) is 9.88 Å². The molecule has 1 aliphatic rings. The lowest BCUT2D eigenvalue weighted by Gasteiger charge is -2.33. The Morgan fingerprint density at radius 3 is 2.75 bits per heavy atom. The number of nitrogens with zero attached hydrogens (tertiary/aromatic N) is 3. The summed E-state index contributed by atoms with van der Waals surface area (Å²) in [7, 11) is 1.90. The molecule has 0 saturated carbocycles. The van der Waals surface area contributed by atoms with Crippen molar-refractivity contribution in [1.82, 2.24) is 14.5 Å². The summed E-state index contributed by atoms with van der Waals surface area (Å²) in [6.45, 7) is 3.05. The Balaban J connectivity index is 1.42. The van der Waals surface area contributed by atoms with Gasteiger partial charge < -0.3 is 14.4 Å². The summed E-state index contributed by atoms with van der Waals surface area (Å²) in [6.07, 6.45) is 4.91. The number of para-hydroxylation sites is 1. The number of rotatable bonds is 6. The molecule has 2 heterocycles. The van der Waals surface area contributed by atoms with Gasteiger partial charge in [-0.25, -0.2) is 9.37 Å². The molecular formula is C18H24FN3O2. The molecule has 0 amide bonds. The monoisotopic (exact) mass is 333 g/mol. The maximum absolute atomic E-state index is 13.5. The van der Waals surface area contributed by atoms with E-state index in [4.69, 9.17) is 4.74 Å². The van der Waals surface area contributed by atoms with E-state index < -0.39 is 6.10 Å². The molecule has 0 spiro atoms. The first-order valence-corrected chi connectivity index (χ1v) is 8.40. The molecule has 1 atom stereocenters. The predicted octanol–water partition coefficient (Wildman–Crippen LogP) is 2.38. The Labute approximate surface area is 141 Å². The van der Waals surface area contributed by atoms with Crippen LogP contribution in [-0.2, 0) is 7.05 Å². The average Bonchev–Trinajstić information content (AvgIpc) is 3.03. The minimum absolute atomic E-state index is 0.231. The summed E-state index contributed by atoms with van der Waals surface area (Å²) in [5, 5.41) is 10.5. The summed E-state index contributed by atoms with van der Waals surface area (Å²) in [6, 6.07) is 6.47. The lowest BCUT2D eigenvalue weighted by Crippen LogP contribution is -2.38. The molecular weight excluding hydrogens is 309 g/mol. The number of benzene rings is 1. The average molecular weight is 333 g/mol. The van der Waals surface area contributed by atoms with E-state index in [0.717, 1.165) is 38.3 Å². The number of piperidine rings is 1. The summed E-state index contributed by atoms with van der Waals surface area (Å²) in [4.78, 5) is 6.54. The van der Waals surface area contributed by atoms with Gasteiger partial charge in [-0.15, -0.1) is 0 Å². The van der Waals surface area contributed by atoms with Gasteiger partial charge in [0, 0.05) is 26.0 Å². The highest BCUT2D eigenvalue weighted by Crippen LogP contribution is 2.29. The number of halogens is 1. The first-order chi connectivity index (χ1) is 11.6. The summed E-state index contributed by atoms with van der Waals surface area (Å²) in [5.74, 6) is 0.943. The molecule has 3 rings (SSSR count). The number of hydrogen-bond donors (Lipinski definition) is 1. The van der Waals surface area contributed by atoms with Gasteiger partial charge in [0.25, 0.3) is 0 Å². The molecule has 1 aliphatic heterocycles. The van der Waals surface area contributed by atoms with Crippen LogP contribution in [0, 0.1) is 11.7 Å². The molecule has 1 saturated heterocycles. The number of aliphatic hydroxyl groups excluding tert-OH is 1. The van der Waals surface area contributed by atoms with E-state index in [0.29, 0.717) is 12.4 Å². The van der Waals surface area contributed by atoms with Crippen molar-refractivity contribution in [2.24, 2.45) is 13.0 Å². The molecule has 24 heavy (non-hydrogen) atoms. The van der Waals surface area contributed by atoms with E-state index in [9.17, 15) is 9.50 Å². The van der Waals surface area contributed by atoms with Crippen LogP contribution in [0.4, 0.5) is 4.39 Å². The molecule has 0 aliphatic carbocycles. The van der Waals surface area contributed by atoms with Crippen molar-refractivity contribution < 1.29 is 14.2 Å². The molecule has 130 valence electrons. The van der Waals surface area contributed by atoms with Crippen LogP contribution in [0.3, 0.4) is 0 Å². The molecule has 0 radical (unpaired) electrons. The Bertz CT molecular complexity index is 653. The van der Waals surface area contributed by atoms with Gasteiger partial charge in [0.1, 0.15) is 18.5 Å². The maximum Gasteiger partial charge on any atom is 0.165 e. The fourth-order valence-electron chi connectivity index (χ4n) is 3.21. The standard InChI is InChI=1S/C18H24FN3O2/c1-21-11-8-20-18(21)17(23)14-6-9-22(10-7-14)12-13-24-16-5-3-2-4-15(16)19/h2-5,8,11,14,17,23H,6-7,9-10,12-13H2,1H3. The van der Waals surface area contributed by atoms with E-state index in [-0.39, 0.29) is 11.7 Å². The summed E-state index contributed by atoms with van der Waals surface area (Å²) in [5.41, 5.74) is 0. The molecule has 1 fully saturated rings. The first kappa shape index (κ1) is 16.9. The van der Waals surface area contributed by atoms with Gasteiger partial charge in [-0.1, -0.05) is 12.1 Å². The third-order valence-corrected chi connectivity index (χ3v) is 4.70. The summed E-state index contributed by atoms with van der Waals surface area (Å²) < 4.78 is 20.9. The third kappa shape index (κ3) is 3.94. The van der Waals surface area contributed by atoms with Crippen molar-refractivity contribution >= 4 is 0 Å². The second-order valence-electron chi connectivity index (χ2n) is 6.30. The molecule has 1 unspecified atom stereocenters. The van der Waals surface area contributed by atoms with E-state index in [1.54, 1.807) is 24.4 Å². The van der Waals surface area contributed by atoms with Crippen LogP contribution in [0.1, 0.15) is 24.8 Å². The topological polar surface area (TPSA) is 50.5 Å². The lowest BCUT2D eigenvalue weighted by atomic mass is 9.91. The van der Waals surface area contributed by atoms with Crippen LogP contribution >= 0.6 is 0 Å². The molecule has 0 bridgehead atoms. The third-order valence-electron chi connectivity index (χ3n) is 4.70. The highest BCUT2D eigenvalue weighted by molar-refractivity contribution is 5.23. The van der Waals surface area contributed by atoms with Gasteiger partial charge in [0.2, 0.25) is 0 Å². The molecule has 6 heteroatoms. The molecule has 1 aromatic heterocycles. The minimum Gasteiger partial charge on any atom is -0.489 e. The highest BCUT2D eigenvalue weighted by atomic mass is 19.1. The number of hydrogen-bond acceptors (Lipinski definition) is 4. The second-order valence-corrected chi connectivity index (χ2v) is 6.30. The number of ether oxygens (including phenoxy) is 1. The zero-order valence-electron chi connectivity index (χ0n) is 13.9. The van der Waals surface area contributed by atoms with Crippen LogP contribution in [0.25, 0.3) is 0 Å². The van der Waals surface area contributed by atoms with Gasteiger partial charge in [-0.2, -0.15) is 0 Å². The van der Waals surface area contributed by atoms with Gasteiger partial charge in [0.05, 0.1) is 0 Å². The van der Waals surface area contributed by atoms with Gasteiger partial charge >= 0.3 is 0 Å². The van der Waals surface area contributed by atoms with Crippen molar-refractivity contribution in [3.05, 3.63) is 48.3 Å². The Kier molecular flexibility index (Phi) is 5.48. The maximum atomic E-state index is 13.5. The van der Waals surface area contributed by atoms with Crippen LogP contribution in [0.2, 0.25) is 0 Å². The lowest BCUT2D eigenvalue weighted by molar-refractivity contribution is 0.0476. The van der Waals surface area contributed by atoms with Crippen molar-refractivity contribution in [3.8, 4) is 5.75 Å². The van der Waals surface area contributed by atoms with Crippen LogP contribution in [0.5, 0.6) is 5.75 Å². The first-order valence-electron chi connectivity index (χ1n) is 8.40. The van der Waals surface area contributed by atoms with Gasteiger partial charge in [-0.05, 0) is 44.0 Å². The van der Waals surface area contributed by atoms with Gasteiger partial charge in [-0.3, -0.25) is 4.90 Å². The van der Waals surface area contributed by atoms with Crippen LogP contribution in [-0.4, -0.2) is 45.8 Å². The fourth-order valence-corrected chi connectivity index (χ4v) is 3.21. The predicted molar refractivity (Wildman–Crippen MR) is 89.2 cm³/mol. The number of likely N-dealkylation sites (tertiary alicyclic amines) is 1. The smallest absolute Gasteiger partial charge is 0.165 e. The Morgan fingerprint density at radius 2 is 2.08 bits per heavy atom. The van der Waals surface area contributed by atoms with E-state index in [1.807, 2.05) is 17.8 Å². The second kappa shape index (κ2) is 7.77. The van der Waals surface area contributed by atoms with E-state index >= 15 is 0 Å². The van der Waals surface area contributed by atoms with Crippen LogP contribution < -0.4 is 4.74 Å². The van der Waals surface area contributed by atoms with Gasteiger partial charge in [0.15, 0.2) is 11.6 Å². The largest absolute Gasteiger partial charge is 0.489 e. The number of imidazole rings is 1. The minimum atomic E-state index is -0.512. The molecule has 1 N–H and O–H groups in total. The van der Waals surface area contributed by atoms with Crippen molar-refractivity contribution in [2.75, 3.05) is 26.2 Å². The molecule has 1 aromatic carbocycles. The number of aromatic nitrogens is 2. The van der Waals surface area contributed by atoms with Crippen LogP contribution in [0.15, 0.2) is 36.7 Å². The summed E-state index contributed by atoms with van der Waals surface area (Å²) >= 11 is 0. The molecule has 2 aromatic rings. The fraction of sp³-hybridized carbons (Fsp3) is 0.500. The zero-order chi connectivity index (χ0) is 16.9. The number of aryl methyl sites for hydroxylation is 1. The number of aliphatic hydroxyl groups is 1. The highest BCUT2D eigenvalue weighted by Gasteiger charge is 2.28. The van der Waals surface area contributed by atoms with Crippen molar-refractivity contribution in [3.63, 3.8) is 0 Å². The quantitative estimate of drug-likeness (QED) is 0.882. The molecule has 5 nitrogen and oxygen atoms in total. The Hall–Kier alpha value is -1.92.